The van der Waals surface area contributed by atoms with Crippen molar-refractivity contribution in [2.24, 2.45) is 0 Å². The van der Waals surface area contributed by atoms with Gasteiger partial charge in [-0.3, -0.25) is 4.79 Å². The molecule has 29 heavy (non-hydrogen) atoms. The maximum atomic E-state index is 13.3. The van der Waals surface area contributed by atoms with E-state index in [1.165, 1.54) is 44.8 Å². The molecule has 0 atom stereocenters. The Labute approximate surface area is 170 Å². The van der Waals surface area contributed by atoms with E-state index in [9.17, 15) is 14.0 Å². The van der Waals surface area contributed by atoms with E-state index in [-0.39, 0.29) is 16.9 Å². The van der Waals surface area contributed by atoms with Crippen LogP contribution in [0.3, 0.4) is 0 Å². The van der Waals surface area contributed by atoms with Crippen molar-refractivity contribution >= 4 is 28.2 Å². The van der Waals surface area contributed by atoms with Gasteiger partial charge in [0.1, 0.15) is 27.9 Å². The van der Waals surface area contributed by atoms with Gasteiger partial charge >= 0.3 is 5.97 Å². The molecular formula is C21H18FNO5S. The number of carbonyl (C=O) groups is 2. The van der Waals surface area contributed by atoms with E-state index < -0.39 is 11.9 Å². The summed E-state index contributed by atoms with van der Waals surface area (Å²) < 4.78 is 28.5. The van der Waals surface area contributed by atoms with Crippen molar-refractivity contribution in [3.63, 3.8) is 0 Å². The first-order chi connectivity index (χ1) is 14.0. The number of amides is 1. The number of benzene rings is 2. The van der Waals surface area contributed by atoms with Crippen LogP contribution in [0.15, 0.2) is 47.8 Å². The molecule has 0 saturated heterocycles. The molecule has 0 spiro atoms. The predicted molar refractivity (Wildman–Crippen MR) is 109 cm³/mol. The minimum atomic E-state index is -0.609. The van der Waals surface area contributed by atoms with Crippen molar-refractivity contribution in [2.45, 2.75) is 0 Å². The van der Waals surface area contributed by atoms with Crippen molar-refractivity contribution in [3.8, 4) is 22.6 Å². The van der Waals surface area contributed by atoms with E-state index in [0.29, 0.717) is 27.6 Å². The lowest BCUT2D eigenvalue weighted by Gasteiger charge is -2.11. The van der Waals surface area contributed by atoms with Crippen LogP contribution in [-0.2, 0) is 4.74 Å². The van der Waals surface area contributed by atoms with E-state index in [0.717, 1.165) is 0 Å². The standard InChI is InChI=1S/C21H18FNO5S/c1-26-14-8-9-15(17(10-14)27-2)19(24)23-20-18(21(25)28-3)16(11-29-20)12-4-6-13(22)7-5-12/h4-11H,1-3H3,(H,23,24). The number of rotatable bonds is 6. The topological polar surface area (TPSA) is 73.9 Å². The van der Waals surface area contributed by atoms with Crippen LogP contribution in [0.4, 0.5) is 9.39 Å². The number of halogens is 1. The Hall–Kier alpha value is -3.39. The zero-order valence-corrected chi connectivity index (χ0v) is 16.8. The fraction of sp³-hybridized carbons (Fsp3) is 0.143. The summed E-state index contributed by atoms with van der Waals surface area (Å²) in [5, 5.41) is 4.77. The third-order valence-electron chi connectivity index (χ3n) is 4.22. The fourth-order valence-electron chi connectivity index (χ4n) is 2.75. The third kappa shape index (κ3) is 4.22. The van der Waals surface area contributed by atoms with Gasteiger partial charge in [-0.2, -0.15) is 0 Å². The van der Waals surface area contributed by atoms with Gasteiger partial charge in [0.2, 0.25) is 0 Å². The number of methoxy groups -OCH3 is 3. The van der Waals surface area contributed by atoms with E-state index in [2.05, 4.69) is 5.32 Å². The molecular weight excluding hydrogens is 397 g/mol. The van der Waals surface area contributed by atoms with Gasteiger partial charge in [-0.05, 0) is 29.8 Å². The molecule has 0 unspecified atom stereocenters. The molecule has 0 saturated carbocycles. The van der Waals surface area contributed by atoms with E-state index in [1.54, 1.807) is 35.7 Å². The number of carbonyl (C=O) groups excluding carboxylic acids is 2. The highest BCUT2D eigenvalue weighted by Crippen LogP contribution is 2.37. The first kappa shape index (κ1) is 20.3. The molecule has 8 heteroatoms. The van der Waals surface area contributed by atoms with Gasteiger partial charge in [0.05, 0.1) is 26.9 Å². The van der Waals surface area contributed by atoms with Crippen molar-refractivity contribution in [1.82, 2.24) is 0 Å². The summed E-state index contributed by atoms with van der Waals surface area (Å²) in [6.45, 7) is 0. The number of thiophene rings is 1. The van der Waals surface area contributed by atoms with Crippen LogP contribution >= 0.6 is 11.3 Å². The van der Waals surface area contributed by atoms with Crippen LogP contribution in [0.2, 0.25) is 0 Å². The molecule has 1 amide bonds. The number of ether oxygens (including phenoxy) is 3. The van der Waals surface area contributed by atoms with Crippen LogP contribution in [0.25, 0.3) is 11.1 Å². The quantitative estimate of drug-likeness (QED) is 0.595. The van der Waals surface area contributed by atoms with Gasteiger partial charge in [0, 0.05) is 17.0 Å². The molecule has 0 aliphatic rings. The number of hydrogen-bond acceptors (Lipinski definition) is 6. The average molecular weight is 415 g/mol. The molecule has 0 fully saturated rings. The zero-order valence-electron chi connectivity index (χ0n) is 15.9. The molecule has 0 aliphatic heterocycles. The lowest BCUT2D eigenvalue weighted by Crippen LogP contribution is -2.15. The van der Waals surface area contributed by atoms with Crippen LogP contribution in [-0.4, -0.2) is 33.2 Å². The van der Waals surface area contributed by atoms with Crippen LogP contribution < -0.4 is 14.8 Å². The smallest absolute Gasteiger partial charge is 0.341 e. The lowest BCUT2D eigenvalue weighted by molar-refractivity contribution is 0.0603. The Morgan fingerprint density at radius 2 is 1.72 bits per heavy atom. The molecule has 150 valence electrons. The van der Waals surface area contributed by atoms with Gasteiger partial charge in [-0.15, -0.1) is 11.3 Å². The largest absolute Gasteiger partial charge is 0.497 e. The molecule has 1 heterocycles. The maximum Gasteiger partial charge on any atom is 0.341 e. The molecule has 0 aliphatic carbocycles. The molecule has 2 aromatic carbocycles. The van der Waals surface area contributed by atoms with E-state index >= 15 is 0 Å². The van der Waals surface area contributed by atoms with Crippen LogP contribution in [0, 0.1) is 5.82 Å². The highest BCUT2D eigenvalue weighted by Gasteiger charge is 2.23. The fourth-order valence-corrected chi connectivity index (χ4v) is 3.71. The zero-order chi connectivity index (χ0) is 21.0. The summed E-state index contributed by atoms with van der Waals surface area (Å²) in [5.41, 5.74) is 1.65. The molecule has 3 aromatic rings. The second-order valence-corrected chi connectivity index (χ2v) is 6.75. The molecule has 0 radical (unpaired) electrons. The summed E-state index contributed by atoms with van der Waals surface area (Å²) in [5.74, 6) is -0.575. The van der Waals surface area contributed by atoms with Crippen molar-refractivity contribution in [3.05, 3.63) is 64.8 Å². The van der Waals surface area contributed by atoms with E-state index in [1.807, 2.05) is 0 Å². The summed E-state index contributed by atoms with van der Waals surface area (Å²) in [6.07, 6.45) is 0. The van der Waals surface area contributed by atoms with Gasteiger partial charge in [0.15, 0.2) is 0 Å². The Morgan fingerprint density at radius 3 is 2.34 bits per heavy atom. The minimum absolute atomic E-state index is 0.199. The molecule has 1 aromatic heterocycles. The van der Waals surface area contributed by atoms with Crippen LogP contribution in [0.5, 0.6) is 11.5 Å². The number of hydrogen-bond donors (Lipinski definition) is 1. The third-order valence-corrected chi connectivity index (χ3v) is 5.11. The van der Waals surface area contributed by atoms with Gasteiger partial charge in [-0.1, -0.05) is 12.1 Å². The summed E-state index contributed by atoms with van der Waals surface area (Å²) in [4.78, 5) is 25.2. The predicted octanol–water partition coefficient (Wildman–Crippen LogP) is 4.61. The van der Waals surface area contributed by atoms with Crippen molar-refractivity contribution < 1.29 is 28.2 Å². The number of esters is 1. The van der Waals surface area contributed by atoms with Crippen molar-refractivity contribution in [2.75, 3.05) is 26.6 Å². The number of nitrogens with one attached hydrogen (secondary N) is 1. The number of anilines is 1. The highest BCUT2D eigenvalue weighted by molar-refractivity contribution is 7.15. The first-order valence-electron chi connectivity index (χ1n) is 8.47. The second-order valence-electron chi connectivity index (χ2n) is 5.87. The normalized spacial score (nSPS) is 10.3. The molecule has 3 rings (SSSR count). The molecule has 6 nitrogen and oxygen atoms in total. The van der Waals surface area contributed by atoms with Crippen LogP contribution in [0.1, 0.15) is 20.7 Å². The van der Waals surface area contributed by atoms with Gasteiger partial charge in [-0.25, -0.2) is 9.18 Å². The average Bonchev–Trinajstić information content (AvgIpc) is 3.16. The molecule has 1 N–H and O–H groups in total. The highest BCUT2D eigenvalue weighted by atomic mass is 32.1. The SMILES string of the molecule is COC(=O)c1c(-c2ccc(F)cc2)csc1NC(=O)c1ccc(OC)cc1OC. The first-order valence-corrected chi connectivity index (χ1v) is 9.35. The summed E-state index contributed by atoms with van der Waals surface area (Å²) >= 11 is 1.17. The molecule has 0 bridgehead atoms. The Morgan fingerprint density at radius 1 is 1.00 bits per heavy atom. The maximum absolute atomic E-state index is 13.3. The lowest BCUT2D eigenvalue weighted by atomic mass is 10.0. The second kappa shape index (κ2) is 8.74. The Kier molecular flexibility index (Phi) is 6.13. The summed E-state index contributed by atoms with van der Waals surface area (Å²) in [6, 6.07) is 10.5. The van der Waals surface area contributed by atoms with E-state index in [4.69, 9.17) is 14.2 Å². The van der Waals surface area contributed by atoms with Gasteiger partial charge in [0.25, 0.3) is 5.91 Å². The summed E-state index contributed by atoms with van der Waals surface area (Å²) in [7, 11) is 4.22. The Balaban J connectivity index is 1.98. The Bertz CT molecular complexity index is 1050. The van der Waals surface area contributed by atoms with Gasteiger partial charge < -0.3 is 19.5 Å². The monoisotopic (exact) mass is 415 g/mol. The van der Waals surface area contributed by atoms with Crippen molar-refractivity contribution in [1.29, 1.82) is 0 Å². The minimum Gasteiger partial charge on any atom is -0.497 e.